The van der Waals surface area contributed by atoms with Crippen molar-refractivity contribution in [1.82, 2.24) is 10.3 Å². The van der Waals surface area contributed by atoms with Gasteiger partial charge in [-0.3, -0.25) is 9.59 Å². The number of aromatic amines is 1. The molecule has 1 heterocycles. The molecule has 0 bridgehead atoms. The Labute approximate surface area is 145 Å². The van der Waals surface area contributed by atoms with Gasteiger partial charge in [0.2, 0.25) is 5.91 Å². The Morgan fingerprint density at radius 3 is 2.54 bits per heavy atom. The Bertz CT molecular complexity index is 769. The molecule has 0 saturated heterocycles. The topological polar surface area (TPSA) is 71.2 Å². The normalized spacial score (nSPS) is 11.8. The second-order valence-electron chi connectivity index (χ2n) is 5.60. The molecule has 0 radical (unpaired) electrons. The molecule has 0 aliphatic heterocycles. The summed E-state index contributed by atoms with van der Waals surface area (Å²) in [6.07, 6.45) is 0. The van der Waals surface area contributed by atoms with Gasteiger partial charge in [0.05, 0.1) is 12.4 Å². The van der Waals surface area contributed by atoms with Gasteiger partial charge >= 0.3 is 0 Å². The van der Waals surface area contributed by atoms with E-state index in [-0.39, 0.29) is 23.3 Å². The Hall–Kier alpha value is -2.21. The molecule has 0 aliphatic carbocycles. The molecule has 1 amide bonds. The first-order chi connectivity index (χ1) is 11.4. The third kappa shape index (κ3) is 4.64. The summed E-state index contributed by atoms with van der Waals surface area (Å²) in [5, 5.41) is 2.58. The van der Waals surface area contributed by atoms with Crippen LogP contribution in [0.15, 0.2) is 40.0 Å². The van der Waals surface area contributed by atoms with Crippen molar-refractivity contribution in [3.63, 3.8) is 0 Å². The van der Waals surface area contributed by atoms with E-state index in [1.807, 2.05) is 51.1 Å². The Kier molecular flexibility index (Phi) is 6.09. The molecular formula is C18H22N2O3S. The average Bonchev–Trinajstić information content (AvgIpc) is 2.54. The smallest absolute Gasteiger partial charge is 0.253 e. The second-order valence-corrected chi connectivity index (χ2v) is 7.01. The molecule has 2 rings (SSSR count). The molecule has 6 heteroatoms. The lowest BCUT2D eigenvalue weighted by atomic mass is 10.1. The second kappa shape index (κ2) is 8.06. The van der Waals surface area contributed by atoms with Crippen LogP contribution in [0.4, 0.5) is 0 Å². The standard InChI is InChI=1S/C18H22N2O3S/c1-11-9-12(2)20-18(22)16(11)10-19-17(21)13(3)24-15-7-5-14(23-4)6-8-15/h5-9,13H,10H2,1-4H3,(H,19,21)(H,20,22). The van der Waals surface area contributed by atoms with Crippen molar-refractivity contribution in [3.05, 3.63) is 57.5 Å². The van der Waals surface area contributed by atoms with Crippen LogP contribution >= 0.6 is 11.8 Å². The summed E-state index contributed by atoms with van der Waals surface area (Å²) in [7, 11) is 1.62. The molecule has 24 heavy (non-hydrogen) atoms. The zero-order valence-electron chi connectivity index (χ0n) is 14.3. The maximum Gasteiger partial charge on any atom is 0.253 e. The molecule has 1 aromatic heterocycles. The molecule has 128 valence electrons. The van der Waals surface area contributed by atoms with Crippen LogP contribution in [0.1, 0.15) is 23.7 Å². The minimum Gasteiger partial charge on any atom is -0.497 e. The fraction of sp³-hybridized carbons (Fsp3) is 0.333. The van der Waals surface area contributed by atoms with Gasteiger partial charge in [-0.15, -0.1) is 11.8 Å². The first kappa shape index (κ1) is 18.1. The molecule has 1 aromatic carbocycles. The van der Waals surface area contributed by atoms with Crippen molar-refractivity contribution < 1.29 is 9.53 Å². The number of amides is 1. The number of H-pyrrole nitrogens is 1. The van der Waals surface area contributed by atoms with Gasteiger partial charge in [0.25, 0.3) is 5.56 Å². The van der Waals surface area contributed by atoms with Crippen LogP contribution in [0.2, 0.25) is 0 Å². The summed E-state index contributed by atoms with van der Waals surface area (Å²) in [4.78, 5) is 28.0. The summed E-state index contributed by atoms with van der Waals surface area (Å²) >= 11 is 1.46. The number of pyridine rings is 1. The van der Waals surface area contributed by atoms with E-state index in [0.717, 1.165) is 21.9 Å². The number of ether oxygens (including phenoxy) is 1. The van der Waals surface area contributed by atoms with E-state index >= 15 is 0 Å². The maximum atomic E-state index is 12.3. The Morgan fingerprint density at radius 2 is 1.96 bits per heavy atom. The molecule has 1 atom stereocenters. The van der Waals surface area contributed by atoms with Crippen molar-refractivity contribution in [2.45, 2.75) is 37.5 Å². The highest BCUT2D eigenvalue weighted by atomic mass is 32.2. The van der Waals surface area contributed by atoms with Gasteiger partial charge in [0, 0.05) is 22.7 Å². The molecule has 0 spiro atoms. The quantitative estimate of drug-likeness (QED) is 0.789. The summed E-state index contributed by atoms with van der Waals surface area (Å²) in [5.41, 5.74) is 2.14. The molecule has 2 aromatic rings. The number of carbonyl (C=O) groups is 1. The SMILES string of the molecule is COc1ccc(SC(C)C(=O)NCc2c(C)cc(C)[nH]c2=O)cc1. The molecule has 0 fully saturated rings. The third-order valence-corrected chi connectivity index (χ3v) is 4.79. The minimum atomic E-state index is -0.261. The highest BCUT2D eigenvalue weighted by Gasteiger charge is 2.15. The number of carbonyl (C=O) groups excluding carboxylic acids is 1. The van der Waals surface area contributed by atoms with Gasteiger partial charge in [0.15, 0.2) is 0 Å². The molecule has 0 aliphatic rings. The van der Waals surface area contributed by atoms with E-state index in [2.05, 4.69) is 10.3 Å². The van der Waals surface area contributed by atoms with E-state index in [1.165, 1.54) is 11.8 Å². The van der Waals surface area contributed by atoms with Crippen LogP contribution in [0.5, 0.6) is 5.75 Å². The van der Waals surface area contributed by atoms with E-state index in [9.17, 15) is 9.59 Å². The zero-order valence-corrected chi connectivity index (χ0v) is 15.1. The molecule has 5 nitrogen and oxygen atoms in total. The minimum absolute atomic E-state index is 0.102. The van der Waals surface area contributed by atoms with Crippen LogP contribution in [-0.4, -0.2) is 23.3 Å². The summed E-state index contributed by atoms with van der Waals surface area (Å²) in [6, 6.07) is 9.47. The number of thioether (sulfide) groups is 1. The molecular weight excluding hydrogens is 324 g/mol. The number of nitrogens with one attached hydrogen (secondary N) is 2. The van der Waals surface area contributed by atoms with Gasteiger partial charge in [-0.1, -0.05) is 0 Å². The van der Waals surface area contributed by atoms with Gasteiger partial charge in [-0.2, -0.15) is 0 Å². The van der Waals surface area contributed by atoms with Crippen molar-refractivity contribution >= 4 is 17.7 Å². The molecule has 0 saturated carbocycles. The van der Waals surface area contributed by atoms with E-state index in [1.54, 1.807) is 7.11 Å². The maximum absolute atomic E-state index is 12.3. The zero-order chi connectivity index (χ0) is 17.7. The first-order valence-corrected chi connectivity index (χ1v) is 8.56. The fourth-order valence-electron chi connectivity index (χ4n) is 2.33. The lowest BCUT2D eigenvalue weighted by molar-refractivity contribution is -0.120. The third-order valence-electron chi connectivity index (χ3n) is 3.67. The summed E-state index contributed by atoms with van der Waals surface area (Å²) < 4.78 is 5.12. The van der Waals surface area contributed by atoms with E-state index in [0.29, 0.717) is 5.56 Å². The predicted octanol–water partition coefficient (Wildman–Crippen LogP) is 2.80. The average molecular weight is 346 g/mol. The monoisotopic (exact) mass is 346 g/mol. The number of hydrogen-bond acceptors (Lipinski definition) is 4. The van der Waals surface area contributed by atoms with E-state index < -0.39 is 0 Å². The van der Waals surface area contributed by atoms with Crippen molar-refractivity contribution in [2.75, 3.05) is 7.11 Å². The van der Waals surface area contributed by atoms with Crippen LogP contribution in [0.25, 0.3) is 0 Å². The molecule has 2 N–H and O–H groups in total. The number of hydrogen-bond donors (Lipinski definition) is 2. The highest BCUT2D eigenvalue weighted by molar-refractivity contribution is 8.00. The van der Waals surface area contributed by atoms with Crippen molar-refractivity contribution in [3.8, 4) is 5.75 Å². The Balaban J connectivity index is 1.95. The Morgan fingerprint density at radius 1 is 1.29 bits per heavy atom. The van der Waals surface area contributed by atoms with Crippen LogP contribution in [-0.2, 0) is 11.3 Å². The first-order valence-electron chi connectivity index (χ1n) is 7.68. The fourth-order valence-corrected chi connectivity index (χ4v) is 3.22. The van der Waals surface area contributed by atoms with Gasteiger partial charge in [-0.25, -0.2) is 0 Å². The largest absolute Gasteiger partial charge is 0.497 e. The van der Waals surface area contributed by atoms with Crippen molar-refractivity contribution in [1.29, 1.82) is 0 Å². The highest BCUT2D eigenvalue weighted by Crippen LogP contribution is 2.25. The van der Waals surface area contributed by atoms with Gasteiger partial charge in [0.1, 0.15) is 5.75 Å². The van der Waals surface area contributed by atoms with Crippen LogP contribution in [0, 0.1) is 13.8 Å². The lowest BCUT2D eigenvalue weighted by Gasteiger charge is -2.13. The number of benzene rings is 1. The van der Waals surface area contributed by atoms with Gasteiger partial charge in [-0.05, 0) is 56.7 Å². The number of aryl methyl sites for hydroxylation is 2. The lowest BCUT2D eigenvalue weighted by Crippen LogP contribution is -2.33. The number of rotatable bonds is 6. The number of aromatic nitrogens is 1. The van der Waals surface area contributed by atoms with Crippen LogP contribution in [0.3, 0.4) is 0 Å². The van der Waals surface area contributed by atoms with E-state index in [4.69, 9.17) is 4.74 Å². The molecule has 1 unspecified atom stereocenters. The summed E-state index contributed by atoms with van der Waals surface area (Å²) in [6.45, 7) is 5.79. The van der Waals surface area contributed by atoms with Crippen LogP contribution < -0.4 is 15.6 Å². The van der Waals surface area contributed by atoms with Crippen molar-refractivity contribution in [2.24, 2.45) is 0 Å². The summed E-state index contributed by atoms with van der Waals surface area (Å²) in [5.74, 6) is 0.681. The van der Waals surface area contributed by atoms with Gasteiger partial charge < -0.3 is 15.0 Å². The predicted molar refractivity (Wildman–Crippen MR) is 96.7 cm³/mol. The number of methoxy groups -OCH3 is 1.